The van der Waals surface area contributed by atoms with E-state index >= 15 is 0 Å². The van der Waals surface area contributed by atoms with Crippen molar-refractivity contribution in [2.75, 3.05) is 62.3 Å². The fourth-order valence-corrected chi connectivity index (χ4v) is 4.06. The highest BCUT2D eigenvalue weighted by Gasteiger charge is 2.29. The summed E-state index contributed by atoms with van der Waals surface area (Å²) in [7, 11) is 0. The minimum atomic E-state index is -0.226. The molecule has 2 aliphatic heterocycles. The van der Waals surface area contributed by atoms with Gasteiger partial charge in [-0.1, -0.05) is 12.1 Å². The monoisotopic (exact) mass is 422 g/mol. The molecule has 2 aliphatic rings. The number of nitriles is 1. The van der Waals surface area contributed by atoms with Gasteiger partial charge < -0.3 is 19.4 Å². The molecule has 0 unspecified atom stereocenters. The number of rotatable bonds is 4. The molecule has 160 valence electrons. The summed E-state index contributed by atoms with van der Waals surface area (Å²) in [5.41, 5.74) is 2.62. The molecular formula is C22H24N5O4+. The Hall–Kier alpha value is -3.64. The van der Waals surface area contributed by atoms with Gasteiger partial charge in [-0.2, -0.15) is 5.26 Å². The number of para-hydroxylation sites is 1. The molecule has 4 rings (SSSR count). The van der Waals surface area contributed by atoms with E-state index in [9.17, 15) is 20.2 Å². The van der Waals surface area contributed by atoms with Crippen LogP contribution < -0.4 is 9.80 Å². The molecule has 2 aromatic rings. The maximum absolute atomic E-state index is 13.4. The average molecular weight is 422 g/mol. The Morgan fingerprint density at radius 1 is 0.968 bits per heavy atom. The molecule has 0 saturated carbocycles. The molecule has 0 spiro atoms. The second-order valence-electron chi connectivity index (χ2n) is 7.48. The van der Waals surface area contributed by atoms with E-state index in [1.54, 1.807) is 17.0 Å². The first kappa shape index (κ1) is 20.6. The zero-order chi connectivity index (χ0) is 21.8. The number of morpholine rings is 1. The minimum Gasteiger partial charge on any atom is -0.378 e. The summed E-state index contributed by atoms with van der Waals surface area (Å²) in [4.78, 5) is 30.5. The van der Waals surface area contributed by atoms with E-state index in [0.717, 1.165) is 11.4 Å². The van der Waals surface area contributed by atoms with Gasteiger partial charge in [-0.05, 0) is 18.2 Å². The Bertz CT molecular complexity index is 1020. The molecule has 31 heavy (non-hydrogen) atoms. The lowest BCUT2D eigenvalue weighted by atomic mass is 10.1. The van der Waals surface area contributed by atoms with Crippen LogP contribution in [0, 0.1) is 16.2 Å². The minimum absolute atomic E-state index is 0.0157. The van der Waals surface area contributed by atoms with Gasteiger partial charge >= 0.3 is 5.69 Å². The van der Waals surface area contributed by atoms with Crippen molar-refractivity contribution >= 4 is 23.0 Å². The first-order valence-corrected chi connectivity index (χ1v) is 10.2. The molecule has 0 aromatic heterocycles. The molecule has 0 aliphatic carbocycles. The Balaban J connectivity index is 1.55. The van der Waals surface area contributed by atoms with Gasteiger partial charge in [0.15, 0.2) is 0 Å². The SMILES string of the molecule is N#Cc1ccccc1N1CCN(C(=O)c2cc([N+](=O)O)ccc2N2CCOCC2)CC1. The van der Waals surface area contributed by atoms with Gasteiger partial charge in [-0.25, -0.2) is 5.21 Å². The van der Waals surface area contributed by atoms with Crippen molar-refractivity contribution in [3.05, 3.63) is 58.5 Å². The van der Waals surface area contributed by atoms with Crippen LogP contribution in [0.2, 0.25) is 0 Å². The normalized spacial score (nSPS) is 16.7. The summed E-state index contributed by atoms with van der Waals surface area (Å²) in [5, 5.41) is 18.7. The lowest BCUT2D eigenvalue weighted by Gasteiger charge is -2.37. The predicted molar refractivity (Wildman–Crippen MR) is 114 cm³/mol. The number of amides is 1. The molecule has 9 nitrogen and oxygen atoms in total. The summed E-state index contributed by atoms with van der Waals surface area (Å²) in [6, 6.07) is 14.3. The number of nitrogens with zero attached hydrogens (tertiary/aromatic N) is 5. The van der Waals surface area contributed by atoms with Crippen LogP contribution >= 0.6 is 0 Å². The average Bonchev–Trinajstić information content (AvgIpc) is 2.83. The van der Waals surface area contributed by atoms with Crippen molar-refractivity contribution in [1.29, 1.82) is 5.26 Å². The summed E-state index contributed by atoms with van der Waals surface area (Å²) in [5.74, 6) is -0.182. The van der Waals surface area contributed by atoms with Crippen LogP contribution in [0.15, 0.2) is 42.5 Å². The number of carbonyl (C=O) groups excluding carboxylic acids is 1. The maximum atomic E-state index is 13.4. The van der Waals surface area contributed by atoms with Crippen LogP contribution in [0.5, 0.6) is 0 Å². The van der Waals surface area contributed by atoms with Gasteiger partial charge in [0.2, 0.25) is 0 Å². The number of carbonyl (C=O) groups is 1. The molecule has 0 radical (unpaired) electrons. The predicted octanol–water partition coefficient (Wildman–Crippen LogP) is 2.16. The highest BCUT2D eigenvalue weighted by atomic mass is 16.6. The van der Waals surface area contributed by atoms with Crippen molar-refractivity contribution in [3.63, 3.8) is 0 Å². The number of ether oxygens (including phenoxy) is 1. The van der Waals surface area contributed by atoms with Crippen LogP contribution in [0.1, 0.15) is 15.9 Å². The lowest BCUT2D eigenvalue weighted by Crippen LogP contribution is -2.49. The number of benzene rings is 2. The molecule has 2 saturated heterocycles. The molecule has 0 atom stereocenters. The fourth-order valence-electron chi connectivity index (χ4n) is 4.06. The summed E-state index contributed by atoms with van der Waals surface area (Å²) in [6.07, 6.45) is 0. The molecule has 9 heteroatoms. The maximum Gasteiger partial charge on any atom is 0.317 e. The van der Waals surface area contributed by atoms with Crippen molar-refractivity contribution in [2.24, 2.45) is 0 Å². The van der Waals surface area contributed by atoms with Crippen LogP contribution in [0.25, 0.3) is 0 Å². The van der Waals surface area contributed by atoms with Gasteiger partial charge in [0, 0.05) is 51.4 Å². The topological polar surface area (TPSA) is 100 Å². The number of piperazine rings is 1. The third kappa shape index (κ3) is 4.29. The molecular weight excluding hydrogens is 398 g/mol. The summed E-state index contributed by atoms with van der Waals surface area (Å²) >= 11 is 0. The van der Waals surface area contributed by atoms with Crippen LogP contribution in [-0.4, -0.2) is 73.4 Å². The van der Waals surface area contributed by atoms with E-state index in [2.05, 4.69) is 15.9 Å². The lowest BCUT2D eigenvalue weighted by molar-refractivity contribution is -0.729. The molecule has 2 aromatic carbocycles. The van der Waals surface area contributed by atoms with Crippen LogP contribution in [0.4, 0.5) is 17.1 Å². The Morgan fingerprint density at radius 2 is 1.65 bits per heavy atom. The van der Waals surface area contributed by atoms with Crippen molar-refractivity contribution in [2.45, 2.75) is 0 Å². The van der Waals surface area contributed by atoms with E-state index in [-0.39, 0.29) is 16.5 Å². The molecule has 0 bridgehead atoms. The standard InChI is InChI=1S/C22H24N5O4/c23-16-17-3-1-2-4-20(17)24-7-9-26(10-8-24)22(28)19-15-18(27(29)30)5-6-21(19)25-11-13-31-14-12-25/h1-6,15H,7-14H2,(H,29,30)/q+1. The third-order valence-corrected chi connectivity index (χ3v) is 5.72. The summed E-state index contributed by atoms with van der Waals surface area (Å²) in [6.45, 7) is 4.63. The zero-order valence-corrected chi connectivity index (χ0v) is 17.1. The van der Waals surface area contributed by atoms with E-state index in [0.29, 0.717) is 63.6 Å². The largest absolute Gasteiger partial charge is 0.378 e. The molecule has 2 heterocycles. The number of anilines is 2. The van der Waals surface area contributed by atoms with Gasteiger partial charge in [-0.15, -0.1) is 0 Å². The van der Waals surface area contributed by atoms with Crippen molar-refractivity contribution in [3.8, 4) is 6.07 Å². The Kier molecular flexibility index (Phi) is 6.00. The highest BCUT2D eigenvalue weighted by Crippen LogP contribution is 2.28. The van der Waals surface area contributed by atoms with Gasteiger partial charge in [-0.3, -0.25) is 4.79 Å². The van der Waals surface area contributed by atoms with Crippen molar-refractivity contribution in [1.82, 2.24) is 4.90 Å². The smallest absolute Gasteiger partial charge is 0.317 e. The third-order valence-electron chi connectivity index (χ3n) is 5.72. The second kappa shape index (κ2) is 9.02. The fraction of sp³-hybridized carbons (Fsp3) is 0.364. The molecule has 2 fully saturated rings. The van der Waals surface area contributed by atoms with Crippen LogP contribution in [-0.2, 0) is 4.74 Å². The Morgan fingerprint density at radius 3 is 2.32 bits per heavy atom. The van der Waals surface area contributed by atoms with Gasteiger partial charge in [0.25, 0.3) is 10.8 Å². The van der Waals surface area contributed by atoms with E-state index in [4.69, 9.17) is 4.74 Å². The van der Waals surface area contributed by atoms with Gasteiger partial charge in [0.05, 0.1) is 40.6 Å². The second-order valence-corrected chi connectivity index (χ2v) is 7.48. The Labute approximate surface area is 180 Å². The first-order chi connectivity index (χ1) is 15.1. The van der Waals surface area contributed by atoms with E-state index < -0.39 is 0 Å². The quantitative estimate of drug-likeness (QED) is 0.754. The first-order valence-electron chi connectivity index (χ1n) is 10.2. The summed E-state index contributed by atoms with van der Waals surface area (Å²) < 4.78 is 5.41. The number of hydrogen-bond donors (Lipinski definition) is 1. The number of hydrogen-bond acceptors (Lipinski definition) is 6. The van der Waals surface area contributed by atoms with E-state index in [1.165, 1.54) is 12.1 Å². The van der Waals surface area contributed by atoms with E-state index in [1.807, 2.05) is 18.2 Å². The molecule has 1 amide bonds. The van der Waals surface area contributed by atoms with Gasteiger partial charge in [0.1, 0.15) is 6.07 Å². The highest BCUT2D eigenvalue weighted by molar-refractivity contribution is 6.00. The van der Waals surface area contributed by atoms with Crippen LogP contribution in [0.3, 0.4) is 0 Å². The molecule has 1 N–H and O–H groups in total. The zero-order valence-electron chi connectivity index (χ0n) is 17.1. The van der Waals surface area contributed by atoms with Crippen molar-refractivity contribution < 1.29 is 19.7 Å².